The normalized spacial score (nSPS) is 15.4. The molecule has 102 valence electrons. The molecule has 0 aromatic carbocycles. The molecule has 0 heterocycles. The number of hydrogen-bond acceptors (Lipinski definition) is 3. The summed E-state index contributed by atoms with van der Waals surface area (Å²) in [7, 11) is 0. The average Bonchev–Trinajstić information content (AvgIpc) is 2.25. The van der Waals surface area contributed by atoms with Gasteiger partial charge in [0.05, 0.1) is 12.0 Å². The number of amides is 1. The number of hydrogen-bond donors (Lipinski definition) is 2. The molecular formula is C10H19F3N2O2. The predicted molar refractivity (Wildman–Crippen MR) is 57.3 cm³/mol. The van der Waals surface area contributed by atoms with Gasteiger partial charge in [-0.1, -0.05) is 6.92 Å². The standard InChI is InChI=1S/C10H19F3N2O2/c1-3-9(2,6-14)8(16)15-4-5-17-7-10(11,12)13/h3-7,14H2,1-2H3,(H,15,16). The number of carbonyl (C=O) groups excluding carboxylic acids is 1. The van der Waals surface area contributed by atoms with Crippen LogP contribution in [0, 0.1) is 5.41 Å². The van der Waals surface area contributed by atoms with Gasteiger partial charge in [-0.15, -0.1) is 0 Å². The second-order valence-electron chi connectivity index (χ2n) is 4.04. The highest BCUT2D eigenvalue weighted by atomic mass is 19.4. The van der Waals surface area contributed by atoms with Gasteiger partial charge >= 0.3 is 6.18 Å². The fourth-order valence-electron chi connectivity index (χ4n) is 1.04. The first-order valence-corrected chi connectivity index (χ1v) is 5.38. The van der Waals surface area contributed by atoms with Crippen molar-refractivity contribution < 1.29 is 22.7 Å². The monoisotopic (exact) mass is 256 g/mol. The van der Waals surface area contributed by atoms with Crippen molar-refractivity contribution in [3.8, 4) is 0 Å². The molecule has 1 unspecified atom stereocenters. The van der Waals surface area contributed by atoms with Crippen molar-refractivity contribution >= 4 is 5.91 Å². The molecule has 0 radical (unpaired) electrons. The van der Waals surface area contributed by atoms with Gasteiger partial charge in [0.2, 0.25) is 5.91 Å². The maximum atomic E-state index is 11.7. The van der Waals surface area contributed by atoms with E-state index in [2.05, 4.69) is 10.1 Å². The van der Waals surface area contributed by atoms with Crippen LogP contribution in [0.3, 0.4) is 0 Å². The van der Waals surface area contributed by atoms with Crippen molar-refractivity contribution in [2.75, 3.05) is 26.3 Å². The maximum absolute atomic E-state index is 11.7. The zero-order chi connectivity index (χ0) is 13.5. The lowest BCUT2D eigenvalue weighted by Gasteiger charge is -2.24. The maximum Gasteiger partial charge on any atom is 0.411 e. The largest absolute Gasteiger partial charge is 0.411 e. The fourth-order valence-corrected chi connectivity index (χ4v) is 1.04. The Morgan fingerprint density at radius 1 is 1.41 bits per heavy atom. The molecule has 0 rings (SSSR count). The Balaban J connectivity index is 3.79. The number of alkyl halides is 3. The van der Waals surface area contributed by atoms with E-state index in [9.17, 15) is 18.0 Å². The molecule has 0 saturated carbocycles. The van der Waals surface area contributed by atoms with Crippen LogP contribution in [0.1, 0.15) is 20.3 Å². The van der Waals surface area contributed by atoms with Gasteiger partial charge in [0.25, 0.3) is 0 Å². The van der Waals surface area contributed by atoms with Crippen molar-refractivity contribution in [1.82, 2.24) is 5.32 Å². The second kappa shape index (κ2) is 6.80. The Hall–Kier alpha value is -0.820. The zero-order valence-electron chi connectivity index (χ0n) is 10.1. The quantitative estimate of drug-likeness (QED) is 0.669. The number of carbonyl (C=O) groups is 1. The molecule has 3 N–H and O–H groups in total. The predicted octanol–water partition coefficient (Wildman–Crippen LogP) is 1.06. The van der Waals surface area contributed by atoms with Gasteiger partial charge in [0.15, 0.2) is 0 Å². The van der Waals surface area contributed by atoms with Crippen LogP contribution in [0.2, 0.25) is 0 Å². The van der Waals surface area contributed by atoms with Gasteiger partial charge in [0, 0.05) is 13.1 Å². The van der Waals surface area contributed by atoms with Crippen LogP contribution in [0.25, 0.3) is 0 Å². The SMILES string of the molecule is CCC(C)(CN)C(=O)NCCOCC(F)(F)F. The van der Waals surface area contributed by atoms with Crippen molar-refractivity contribution in [3.63, 3.8) is 0 Å². The topological polar surface area (TPSA) is 64.4 Å². The molecule has 0 aliphatic carbocycles. The van der Waals surface area contributed by atoms with Gasteiger partial charge in [0.1, 0.15) is 6.61 Å². The van der Waals surface area contributed by atoms with E-state index >= 15 is 0 Å². The van der Waals surface area contributed by atoms with Crippen LogP contribution < -0.4 is 11.1 Å². The Kier molecular flexibility index (Phi) is 6.48. The summed E-state index contributed by atoms with van der Waals surface area (Å²) in [6.07, 6.45) is -3.77. The molecule has 0 aromatic rings. The van der Waals surface area contributed by atoms with E-state index < -0.39 is 18.2 Å². The van der Waals surface area contributed by atoms with E-state index in [0.29, 0.717) is 6.42 Å². The molecule has 0 aliphatic rings. The number of ether oxygens (including phenoxy) is 1. The van der Waals surface area contributed by atoms with E-state index in [-0.39, 0.29) is 25.6 Å². The third-order valence-corrected chi connectivity index (χ3v) is 2.58. The van der Waals surface area contributed by atoms with Gasteiger partial charge in [-0.05, 0) is 13.3 Å². The number of nitrogens with one attached hydrogen (secondary N) is 1. The summed E-state index contributed by atoms with van der Waals surface area (Å²) in [5.74, 6) is -0.266. The molecule has 1 amide bonds. The summed E-state index contributed by atoms with van der Waals surface area (Å²) in [5, 5.41) is 2.50. The van der Waals surface area contributed by atoms with Crippen molar-refractivity contribution in [1.29, 1.82) is 0 Å². The minimum atomic E-state index is -4.33. The first-order valence-electron chi connectivity index (χ1n) is 5.38. The Bertz CT molecular complexity index is 240. The summed E-state index contributed by atoms with van der Waals surface area (Å²) >= 11 is 0. The van der Waals surface area contributed by atoms with E-state index in [4.69, 9.17) is 5.73 Å². The number of halogens is 3. The average molecular weight is 256 g/mol. The fraction of sp³-hybridized carbons (Fsp3) is 0.900. The van der Waals surface area contributed by atoms with Crippen LogP contribution in [0.15, 0.2) is 0 Å². The number of rotatable bonds is 7. The second-order valence-corrected chi connectivity index (χ2v) is 4.04. The van der Waals surface area contributed by atoms with Crippen molar-refractivity contribution in [2.24, 2.45) is 11.1 Å². The lowest BCUT2D eigenvalue weighted by molar-refractivity contribution is -0.173. The summed E-state index contributed by atoms with van der Waals surface area (Å²) in [4.78, 5) is 11.6. The van der Waals surface area contributed by atoms with E-state index in [1.54, 1.807) is 6.92 Å². The molecule has 0 saturated heterocycles. The summed E-state index contributed by atoms with van der Waals surface area (Å²) < 4.78 is 39.5. The molecule has 0 aromatic heterocycles. The molecule has 1 atom stereocenters. The Morgan fingerprint density at radius 3 is 2.41 bits per heavy atom. The molecule has 0 fully saturated rings. The first kappa shape index (κ1) is 16.2. The van der Waals surface area contributed by atoms with E-state index in [0.717, 1.165) is 0 Å². The van der Waals surface area contributed by atoms with Gasteiger partial charge in [-0.25, -0.2) is 0 Å². The minimum Gasteiger partial charge on any atom is -0.370 e. The third-order valence-electron chi connectivity index (χ3n) is 2.58. The zero-order valence-corrected chi connectivity index (χ0v) is 10.1. The van der Waals surface area contributed by atoms with Crippen molar-refractivity contribution in [3.05, 3.63) is 0 Å². The van der Waals surface area contributed by atoms with Crippen LogP contribution in [-0.4, -0.2) is 38.4 Å². The molecule has 0 spiro atoms. The Morgan fingerprint density at radius 2 is 2.00 bits per heavy atom. The van der Waals surface area contributed by atoms with Crippen LogP contribution >= 0.6 is 0 Å². The van der Waals surface area contributed by atoms with Crippen LogP contribution in [0.5, 0.6) is 0 Å². The Labute approximate surface area is 98.7 Å². The van der Waals surface area contributed by atoms with Crippen LogP contribution in [0.4, 0.5) is 13.2 Å². The lowest BCUT2D eigenvalue weighted by atomic mass is 9.87. The van der Waals surface area contributed by atoms with Gasteiger partial charge in [-0.2, -0.15) is 13.2 Å². The van der Waals surface area contributed by atoms with Crippen molar-refractivity contribution in [2.45, 2.75) is 26.4 Å². The summed E-state index contributed by atoms with van der Waals surface area (Å²) in [6, 6.07) is 0. The smallest absolute Gasteiger partial charge is 0.370 e. The third kappa shape index (κ3) is 6.48. The minimum absolute atomic E-state index is 0.0461. The van der Waals surface area contributed by atoms with E-state index in [1.807, 2.05) is 6.92 Å². The summed E-state index contributed by atoms with van der Waals surface area (Å²) in [5.41, 5.74) is 4.79. The first-order chi connectivity index (χ1) is 7.75. The molecule has 0 aliphatic heterocycles. The highest BCUT2D eigenvalue weighted by Gasteiger charge is 2.29. The highest BCUT2D eigenvalue weighted by molar-refractivity contribution is 5.82. The number of nitrogens with two attached hydrogens (primary N) is 1. The van der Waals surface area contributed by atoms with E-state index in [1.165, 1.54) is 0 Å². The molecule has 17 heavy (non-hydrogen) atoms. The van der Waals surface area contributed by atoms with Crippen LogP contribution in [-0.2, 0) is 9.53 Å². The molecule has 7 heteroatoms. The molecule has 4 nitrogen and oxygen atoms in total. The lowest BCUT2D eigenvalue weighted by Crippen LogP contribution is -2.44. The summed E-state index contributed by atoms with van der Waals surface area (Å²) in [6.45, 7) is 2.30. The van der Waals surface area contributed by atoms with Gasteiger partial charge in [-0.3, -0.25) is 4.79 Å². The highest BCUT2D eigenvalue weighted by Crippen LogP contribution is 2.18. The molecule has 0 bridgehead atoms. The molecular weight excluding hydrogens is 237 g/mol. The van der Waals surface area contributed by atoms with Gasteiger partial charge < -0.3 is 15.8 Å².